The molecule has 3 amide bonds. The minimum Gasteiger partial charge on any atom is -0.464 e. The number of rotatable bonds is 9. The van der Waals surface area contributed by atoms with E-state index in [1.807, 2.05) is 32.0 Å². The van der Waals surface area contributed by atoms with Crippen LogP contribution in [0, 0.1) is 18.6 Å². The van der Waals surface area contributed by atoms with Gasteiger partial charge in [-0.3, -0.25) is 4.79 Å². The monoisotopic (exact) mass is 499 g/mol. The first-order valence-corrected chi connectivity index (χ1v) is 11.5. The molecular formula is C26H27F2N3O5. The molecule has 190 valence electrons. The Morgan fingerprint density at radius 1 is 0.972 bits per heavy atom. The number of nitrogens with one attached hydrogen (secondary N) is 1. The quantitative estimate of drug-likeness (QED) is 0.445. The fraction of sp³-hybridized carbons (Fsp3) is 0.308. The number of amides is 3. The number of furan rings is 1. The summed E-state index contributed by atoms with van der Waals surface area (Å²) >= 11 is 0. The van der Waals surface area contributed by atoms with E-state index in [2.05, 4.69) is 5.32 Å². The first-order valence-electron chi connectivity index (χ1n) is 11.5. The Labute approximate surface area is 207 Å². The van der Waals surface area contributed by atoms with Crippen LogP contribution in [0.25, 0.3) is 0 Å². The fourth-order valence-corrected chi connectivity index (χ4v) is 3.82. The van der Waals surface area contributed by atoms with Gasteiger partial charge in [0.2, 0.25) is 12.7 Å². The molecule has 2 aromatic carbocycles. The molecule has 2 heterocycles. The number of ether oxygens (including phenoxy) is 2. The second kappa shape index (κ2) is 11.1. The maximum absolute atomic E-state index is 14.1. The van der Waals surface area contributed by atoms with Crippen LogP contribution in [0.5, 0.6) is 11.5 Å². The summed E-state index contributed by atoms with van der Waals surface area (Å²) in [6, 6.07) is 11.3. The minimum atomic E-state index is -0.899. The maximum atomic E-state index is 14.1. The van der Waals surface area contributed by atoms with Crippen LogP contribution in [0.15, 0.2) is 52.9 Å². The van der Waals surface area contributed by atoms with Crippen LogP contribution in [-0.2, 0) is 17.9 Å². The lowest BCUT2D eigenvalue weighted by Crippen LogP contribution is -2.44. The van der Waals surface area contributed by atoms with Crippen LogP contribution in [0.4, 0.5) is 19.3 Å². The zero-order valence-electron chi connectivity index (χ0n) is 20.1. The highest BCUT2D eigenvalue weighted by Crippen LogP contribution is 2.33. The summed E-state index contributed by atoms with van der Waals surface area (Å²) in [7, 11) is 0. The molecule has 4 rings (SSSR count). The Bertz CT molecular complexity index is 1250. The van der Waals surface area contributed by atoms with E-state index < -0.39 is 17.7 Å². The van der Waals surface area contributed by atoms with Crippen molar-refractivity contribution in [3.8, 4) is 11.5 Å². The van der Waals surface area contributed by atoms with Gasteiger partial charge in [0.05, 0.1) is 12.2 Å². The average Bonchev–Trinajstić information content (AvgIpc) is 3.48. The molecular weight excluding hydrogens is 472 g/mol. The SMILES string of the molecule is CCCN(CC(=O)N(Cc1ccc2c(c1)OCO2)Cc1ccc(C)o1)C(=O)Nc1ccc(F)cc1F. The molecule has 0 fully saturated rings. The molecule has 0 saturated heterocycles. The Balaban J connectivity index is 1.51. The summed E-state index contributed by atoms with van der Waals surface area (Å²) in [6.45, 7) is 4.26. The van der Waals surface area contributed by atoms with Crippen molar-refractivity contribution >= 4 is 17.6 Å². The second-order valence-electron chi connectivity index (χ2n) is 8.43. The van der Waals surface area contributed by atoms with Gasteiger partial charge in [-0.2, -0.15) is 0 Å². The van der Waals surface area contributed by atoms with Crippen LogP contribution >= 0.6 is 0 Å². The molecule has 0 bridgehead atoms. The lowest BCUT2D eigenvalue weighted by atomic mass is 10.2. The molecule has 1 aliphatic rings. The van der Waals surface area contributed by atoms with Gasteiger partial charge in [-0.25, -0.2) is 13.6 Å². The van der Waals surface area contributed by atoms with E-state index in [1.165, 1.54) is 4.90 Å². The normalized spacial score (nSPS) is 11.9. The molecule has 3 aromatic rings. The summed E-state index contributed by atoms with van der Waals surface area (Å²) in [6.07, 6.45) is 0.576. The van der Waals surface area contributed by atoms with Crippen LogP contribution in [0.2, 0.25) is 0 Å². The maximum Gasteiger partial charge on any atom is 0.322 e. The average molecular weight is 500 g/mol. The number of benzene rings is 2. The van der Waals surface area contributed by atoms with Gasteiger partial charge >= 0.3 is 6.03 Å². The molecule has 0 radical (unpaired) electrons. The molecule has 0 atom stereocenters. The number of hydrogen-bond acceptors (Lipinski definition) is 5. The van der Waals surface area contributed by atoms with Crippen molar-refractivity contribution < 1.29 is 32.3 Å². The number of fused-ring (bicyclic) bond motifs is 1. The third-order valence-corrected chi connectivity index (χ3v) is 5.59. The highest BCUT2D eigenvalue weighted by molar-refractivity contribution is 5.92. The Hall–Kier alpha value is -4.08. The van der Waals surface area contributed by atoms with Crippen molar-refractivity contribution in [3.63, 3.8) is 0 Å². The Kier molecular flexibility index (Phi) is 7.72. The Morgan fingerprint density at radius 2 is 1.78 bits per heavy atom. The van der Waals surface area contributed by atoms with Crippen LogP contribution in [-0.4, -0.2) is 41.6 Å². The molecule has 1 N–H and O–H groups in total. The zero-order chi connectivity index (χ0) is 25.7. The van der Waals surface area contributed by atoms with Gasteiger partial charge in [0.25, 0.3) is 0 Å². The smallest absolute Gasteiger partial charge is 0.322 e. The van der Waals surface area contributed by atoms with Gasteiger partial charge in [-0.15, -0.1) is 0 Å². The second-order valence-corrected chi connectivity index (χ2v) is 8.43. The van der Waals surface area contributed by atoms with Crippen molar-refractivity contribution in [1.29, 1.82) is 0 Å². The molecule has 0 spiro atoms. The largest absolute Gasteiger partial charge is 0.464 e. The molecule has 36 heavy (non-hydrogen) atoms. The minimum absolute atomic E-state index is 0.142. The van der Waals surface area contributed by atoms with Gasteiger partial charge in [0.1, 0.15) is 29.7 Å². The van der Waals surface area contributed by atoms with Gasteiger partial charge in [0, 0.05) is 19.2 Å². The van der Waals surface area contributed by atoms with Crippen LogP contribution < -0.4 is 14.8 Å². The van der Waals surface area contributed by atoms with Gasteiger partial charge in [-0.1, -0.05) is 13.0 Å². The highest BCUT2D eigenvalue weighted by Gasteiger charge is 2.24. The summed E-state index contributed by atoms with van der Waals surface area (Å²) in [4.78, 5) is 29.2. The van der Waals surface area contributed by atoms with Crippen molar-refractivity contribution in [1.82, 2.24) is 9.80 Å². The van der Waals surface area contributed by atoms with E-state index in [-0.39, 0.29) is 44.6 Å². The zero-order valence-corrected chi connectivity index (χ0v) is 20.1. The summed E-state index contributed by atoms with van der Waals surface area (Å²) in [5.74, 6) is 0.571. The summed E-state index contributed by atoms with van der Waals surface area (Å²) in [5, 5.41) is 2.42. The summed E-state index contributed by atoms with van der Waals surface area (Å²) < 4.78 is 43.8. The number of hydrogen-bond donors (Lipinski definition) is 1. The van der Waals surface area contributed by atoms with E-state index in [1.54, 1.807) is 17.0 Å². The van der Waals surface area contributed by atoms with Crippen molar-refractivity contribution in [3.05, 3.63) is 77.2 Å². The lowest BCUT2D eigenvalue weighted by molar-refractivity contribution is -0.133. The highest BCUT2D eigenvalue weighted by atomic mass is 19.1. The number of nitrogens with zero attached hydrogens (tertiary/aromatic N) is 2. The number of aryl methyl sites for hydroxylation is 1. The van der Waals surface area contributed by atoms with E-state index in [0.717, 1.165) is 17.7 Å². The number of carbonyl (C=O) groups excluding carboxylic acids is 2. The first-order chi connectivity index (χ1) is 17.3. The molecule has 1 aromatic heterocycles. The van der Waals surface area contributed by atoms with E-state index in [9.17, 15) is 18.4 Å². The van der Waals surface area contributed by atoms with Crippen LogP contribution in [0.1, 0.15) is 30.4 Å². The molecule has 0 saturated carbocycles. The predicted octanol–water partition coefficient (Wildman–Crippen LogP) is 5.07. The number of urea groups is 1. The predicted molar refractivity (Wildman–Crippen MR) is 128 cm³/mol. The molecule has 10 heteroatoms. The molecule has 0 aliphatic carbocycles. The lowest BCUT2D eigenvalue weighted by Gasteiger charge is -2.27. The standard InChI is InChI=1S/C26H27F2N3O5/c1-3-10-30(26(33)29-22-8-6-19(27)12-21(22)28)15-25(32)31(14-20-7-4-17(2)36-20)13-18-5-9-23-24(11-18)35-16-34-23/h4-9,11-12H,3,10,13-16H2,1-2H3,(H,29,33). The molecule has 0 unspecified atom stereocenters. The van der Waals surface area contributed by atoms with Gasteiger partial charge < -0.3 is 29.0 Å². The van der Waals surface area contributed by atoms with Crippen molar-refractivity contribution in [2.75, 3.05) is 25.2 Å². The topological polar surface area (TPSA) is 84.2 Å². The van der Waals surface area contributed by atoms with Gasteiger partial charge in [0.15, 0.2) is 11.5 Å². The number of anilines is 1. The first kappa shape index (κ1) is 25.0. The summed E-state index contributed by atoms with van der Waals surface area (Å²) in [5.41, 5.74) is 0.647. The van der Waals surface area contributed by atoms with Gasteiger partial charge in [-0.05, 0) is 55.3 Å². The number of carbonyl (C=O) groups is 2. The van der Waals surface area contributed by atoms with Crippen molar-refractivity contribution in [2.24, 2.45) is 0 Å². The van der Waals surface area contributed by atoms with Crippen LogP contribution in [0.3, 0.4) is 0 Å². The van der Waals surface area contributed by atoms with E-state index in [4.69, 9.17) is 13.9 Å². The Morgan fingerprint density at radius 3 is 2.50 bits per heavy atom. The molecule has 8 nitrogen and oxygen atoms in total. The third-order valence-electron chi connectivity index (χ3n) is 5.59. The third kappa shape index (κ3) is 6.12. The molecule has 1 aliphatic heterocycles. The van der Waals surface area contributed by atoms with E-state index in [0.29, 0.717) is 35.5 Å². The number of halogens is 2. The fourth-order valence-electron chi connectivity index (χ4n) is 3.82. The van der Waals surface area contributed by atoms with E-state index >= 15 is 0 Å². The van der Waals surface area contributed by atoms with Crippen molar-refractivity contribution in [2.45, 2.75) is 33.4 Å².